The number of aryl methyl sites for hydroxylation is 2. The molecule has 0 unspecified atom stereocenters. The summed E-state index contributed by atoms with van der Waals surface area (Å²) in [6.45, 7) is 4.11. The van der Waals surface area contributed by atoms with E-state index in [9.17, 15) is 0 Å². The first-order chi connectivity index (χ1) is 9.15. The molecule has 0 saturated carbocycles. The van der Waals surface area contributed by atoms with E-state index >= 15 is 0 Å². The summed E-state index contributed by atoms with van der Waals surface area (Å²) in [6, 6.07) is 10.3. The van der Waals surface area contributed by atoms with Gasteiger partial charge in [-0.05, 0) is 47.5 Å². The number of aromatic amines is 1. The van der Waals surface area contributed by atoms with Crippen LogP contribution in [0, 0.1) is 13.8 Å². The number of aromatic nitrogens is 2. The third-order valence-electron chi connectivity index (χ3n) is 3.18. The smallest absolute Gasteiger partial charge is 0.133 e. The van der Waals surface area contributed by atoms with Gasteiger partial charge in [-0.2, -0.15) is 0 Å². The highest BCUT2D eigenvalue weighted by molar-refractivity contribution is 9.10. The molecule has 0 bridgehead atoms. The molecule has 96 valence electrons. The molecule has 0 saturated heterocycles. The van der Waals surface area contributed by atoms with Crippen LogP contribution >= 0.6 is 15.9 Å². The van der Waals surface area contributed by atoms with Crippen molar-refractivity contribution < 1.29 is 0 Å². The van der Waals surface area contributed by atoms with Crippen LogP contribution in [0.4, 0.5) is 11.5 Å². The molecule has 19 heavy (non-hydrogen) atoms. The van der Waals surface area contributed by atoms with Crippen LogP contribution in [-0.4, -0.2) is 9.97 Å². The molecule has 0 aliphatic rings. The quantitative estimate of drug-likeness (QED) is 0.720. The Kier molecular flexibility index (Phi) is 3.03. The van der Waals surface area contributed by atoms with E-state index in [2.05, 4.69) is 56.3 Å². The number of hydrogen-bond acceptors (Lipinski definition) is 2. The number of benzene rings is 1. The Bertz CT molecular complexity index is 746. The van der Waals surface area contributed by atoms with Crippen LogP contribution < -0.4 is 5.32 Å². The number of pyridine rings is 1. The zero-order valence-corrected chi connectivity index (χ0v) is 12.4. The van der Waals surface area contributed by atoms with E-state index in [1.807, 2.05) is 19.1 Å². The van der Waals surface area contributed by atoms with Gasteiger partial charge in [0.1, 0.15) is 5.82 Å². The lowest BCUT2D eigenvalue weighted by atomic mass is 10.2. The summed E-state index contributed by atoms with van der Waals surface area (Å²) in [5.74, 6) is 0.885. The molecule has 2 N–H and O–H groups in total. The maximum atomic E-state index is 4.43. The molecule has 1 aromatic carbocycles. The number of halogens is 1. The maximum absolute atomic E-state index is 4.43. The highest BCUT2D eigenvalue weighted by Crippen LogP contribution is 2.30. The van der Waals surface area contributed by atoms with Gasteiger partial charge in [-0.25, -0.2) is 4.98 Å². The predicted molar refractivity (Wildman–Crippen MR) is 83.0 cm³/mol. The normalized spacial score (nSPS) is 10.9. The van der Waals surface area contributed by atoms with Crippen molar-refractivity contribution in [2.45, 2.75) is 13.8 Å². The van der Waals surface area contributed by atoms with Gasteiger partial charge in [0.2, 0.25) is 0 Å². The van der Waals surface area contributed by atoms with Crippen molar-refractivity contribution in [1.29, 1.82) is 0 Å². The lowest BCUT2D eigenvalue weighted by molar-refractivity contribution is 1.23. The van der Waals surface area contributed by atoms with Gasteiger partial charge >= 0.3 is 0 Å². The van der Waals surface area contributed by atoms with E-state index in [0.29, 0.717) is 0 Å². The minimum atomic E-state index is 0.885. The van der Waals surface area contributed by atoms with Crippen molar-refractivity contribution in [3.63, 3.8) is 0 Å². The first-order valence-electron chi connectivity index (χ1n) is 6.11. The molecule has 4 heteroatoms. The monoisotopic (exact) mass is 315 g/mol. The van der Waals surface area contributed by atoms with Gasteiger partial charge in [0.15, 0.2) is 0 Å². The van der Waals surface area contributed by atoms with E-state index < -0.39 is 0 Å². The van der Waals surface area contributed by atoms with Crippen molar-refractivity contribution in [2.75, 3.05) is 5.32 Å². The zero-order chi connectivity index (χ0) is 13.4. The molecular formula is C15H14BrN3. The van der Waals surface area contributed by atoms with E-state index in [-0.39, 0.29) is 0 Å². The van der Waals surface area contributed by atoms with E-state index in [1.165, 1.54) is 5.39 Å². The minimum absolute atomic E-state index is 0.885. The van der Waals surface area contributed by atoms with Crippen LogP contribution in [0.25, 0.3) is 10.9 Å². The average Bonchev–Trinajstić information content (AvgIpc) is 2.69. The zero-order valence-electron chi connectivity index (χ0n) is 10.8. The van der Waals surface area contributed by atoms with Crippen LogP contribution in [0.2, 0.25) is 0 Å². The summed E-state index contributed by atoms with van der Waals surface area (Å²) < 4.78 is 0.992. The van der Waals surface area contributed by atoms with Gasteiger partial charge in [0.25, 0.3) is 0 Å². The van der Waals surface area contributed by atoms with E-state index in [1.54, 1.807) is 6.20 Å². The fourth-order valence-corrected chi connectivity index (χ4v) is 2.67. The number of nitrogens with one attached hydrogen (secondary N) is 2. The molecule has 0 fully saturated rings. The molecule has 2 heterocycles. The predicted octanol–water partition coefficient (Wildman–Crippen LogP) is 4.69. The standard InChI is InChI=1S/C15H14BrN3/c1-9-7-11(16)8-17-15(9)19-14-10(2)18-13-6-4-3-5-12(13)14/h3-8,18H,1-2H3,(H,17,19). The summed E-state index contributed by atoms with van der Waals surface area (Å²) in [4.78, 5) is 7.81. The van der Waals surface area contributed by atoms with Gasteiger partial charge in [-0.15, -0.1) is 0 Å². The van der Waals surface area contributed by atoms with Crippen LogP contribution in [0.15, 0.2) is 41.0 Å². The Balaban J connectivity index is 2.08. The van der Waals surface area contributed by atoms with Gasteiger partial charge in [-0.3, -0.25) is 0 Å². The third kappa shape index (κ3) is 2.24. The highest BCUT2D eigenvalue weighted by Gasteiger charge is 2.09. The first-order valence-corrected chi connectivity index (χ1v) is 6.91. The van der Waals surface area contributed by atoms with Crippen LogP contribution in [-0.2, 0) is 0 Å². The molecule has 3 aromatic rings. The Morgan fingerprint density at radius 2 is 2.00 bits per heavy atom. The molecule has 0 atom stereocenters. The Hall–Kier alpha value is -1.81. The largest absolute Gasteiger partial charge is 0.357 e. The second kappa shape index (κ2) is 4.70. The van der Waals surface area contributed by atoms with Gasteiger partial charge < -0.3 is 10.3 Å². The lowest BCUT2D eigenvalue weighted by Gasteiger charge is -2.09. The van der Waals surface area contributed by atoms with Crippen molar-refractivity contribution >= 4 is 38.3 Å². The van der Waals surface area contributed by atoms with Crippen molar-refractivity contribution in [1.82, 2.24) is 9.97 Å². The van der Waals surface area contributed by atoms with E-state index in [4.69, 9.17) is 0 Å². The molecule has 0 amide bonds. The number of fused-ring (bicyclic) bond motifs is 1. The summed E-state index contributed by atoms with van der Waals surface area (Å²) in [5.41, 5.74) is 4.45. The molecule has 0 aliphatic carbocycles. The third-order valence-corrected chi connectivity index (χ3v) is 3.62. The number of para-hydroxylation sites is 1. The summed E-state index contributed by atoms with van der Waals surface area (Å²) >= 11 is 3.43. The molecule has 3 nitrogen and oxygen atoms in total. The SMILES string of the molecule is Cc1cc(Br)cnc1Nc1c(C)[nH]c2ccccc12. The fraction of sp³-hybridized carbons (Fsp3) is 0.133. The average molecular weight is 316 g/mol. The molecule has 2 aromatic heterocycles. The van der Waals surface area contributed by atoms with Gasteiger partial charge in [0, 0.05) is 27.3 Å². The topological polar surface area (TPSA) is 40.7 Å². The number of anilines is 2. The summed E-state index contributed by atoms with van der Waals surface area (Å²) in [5, 5.41) is 4.61. The highest BCUT2D eigenvalue weighted by atomic mass is 79.9. The van der Waals surface area contributed by atoms with Crippen molar-refractivity contribution in [3.05, 3.63) is 52.3 Å². The second-order valence-electron chi connectivity index (χ2n) is 4.61. The fourth-order valence-electron chi connectivity index (χ4n) is 2.23. The minimum Gasteiger partial charge on any atom is -0.357 e. The van der Waals surface area contributed by atoms with Crippen molar-refractivity contribution in [2.24, 2.45) is 0 Å². The number of rotatable bonds is 2. The number of hydrogen-bond donors (Lipinski definition) is 2. The lowest BCUT2D eigenvalue weighted by Crippen LogP contribution is -1.97. The second-order valence-corrected chi connectivity index (χ2v) is 5.53. The Morgan fingerprint density at radius 1 is 1.21 bits per heavy atom. The summed E-state index contributed by atoms with van der Waals surface area (Å²) in [7, 11) is 0. The molecule has 0 spiro atoms. The van der Waals surface area contributed by atoms with Crippen LogP contribution in [0.1, 0.15) is 11.3 Å². The van der Waals surface area contributed by atoms with Gasteiger partial charge in [0.05, 0.1) is 5.69 Å². The van der Waals surface area contributed by atoms with Gasteiger partial charge in [-0.1, -0.05) is 18.2 Å². The number of H-pyrrole nitrogens is 1. The molecule has 0 radical (unpaired) electrons. The molecular weight excluding hydrogens is 302 g/mol. The maximum Gasteiger partial charge on any atom is 0.133 e. The molecule has 0 aliphatic heterocycles. The number of nitrogens with zero attached hydrogens (tertiary/aromatic N) is 1. The first kappa shape index (κ1) is 12.2. The van der Waals surface area contributed by atoms with Crippen LogP contribution in [0.5, 0.6) is 0 Å². The van der Waals surface area contributed by atoms with Crippen LogP contribution in [0.3, 0.4) is 0 Å². The Morgan fingerprint density at radius 3 is 2.79 bits per heavy atom. The Labute approximate surface area is 120 Å². The molecule has 3 rings (SSSR count). The van der Waals surface area contributed by atoms with Crippen molar-refractivity contribution in [3.8, 4) is 0 Å². The van der Waals surface area contributed by atoms with E-state index in [0.717, 1.165) is 32.8 Å². The summed E-state index contributed by atoms with van der Waals surface area (Å²) in [6.07, 6.45) is 1.81.